The summed E-state index contributed by atoms with van der Waals surface area (Å²) in [6, 6.07) is 15.8. The highest BCUT2D eigenvalue weighted by Gasteiger charge is 2.04. The van der Waals surface area contributed by atoms with Crippen molar-refractivity contribution in [3.8, 4) is 0 Å². The number of benzene rings is 2. The molecule has 5 heteroatoms. The first kappa shape index (κ1) is 19.5. The van der Waals surface area contributed by atoms with Crippen molar-refractivity contribution < 1.29 is 4.79 Å². The highest BCUT2D eigenvalue weighted by molar-refractivity contribution is 5.94. The van der Waals surface area contributed by atoms with E-state index in [4.69, 9.17) is 5.73 Å². The van der Waals surface area contributed by atoms with E-state index in [9.17, 15) is 4.79 Å². The van der Waals surface area contributed by atoms with Crippen LogP contribution in [0.15, 0.2) is 53.5 Å². The SMILES string of the molecule is CCC(C)c1ccc(NC(N)=NCCc2cccc(C(=O)NC)c2)cc1. The monoisotopic (exact) mass is 352 g/mol. The summed E-state index contributed by atoms with van der Waals surface area (Å²) >= 11 is 0. The van der Waals surface area contributed by atoms with Crippen LogP contribution in [0.3, 0.4) is 0 Å². The van der Waals surface area contributed by atoms with Crippen molar-refractivity contribution in [3.63, 3.8) is 0 Å². The zero-order valence-corrected chi connectivity index (χ0v) is 15.8. The molecule has 4 N–H and O–H groups in total. The maximum Gasteiger partial charge on any atom is 0.251 e. The lowest BCUT2D eigenvalue weighted by Crippen LogP contribution is -2.23. The summed E-state index contributed by atoms with van der Waals surface area (Å²) in [6.07, 6.45) is 1.84. The fraction of sp³-hybridized carbons (Fsp3) is 0.333. The Morgan fingerprint density at radius 1 is 1.19 bits per heavy atom. The van der Waals surface area contributed by atoms with Crippen molar-refractivity contribution in [2.45, 2.75) is 32.6 Å². The third-order valence-electron chi connectivity index (χ3n) is 4.46. The second-order valence-corrected chi connectivity index (χ2v) is 6.35. The van der Waals surface area contributed by atoms with Gasteiger partial charge >= 0.3 is 0 Å². The standard InChI is InChI=1S/C21H28N4O/c1-4-15(2)17-8-10-19(11-9-17)25-21(22)24-13-12-16-6-5-7-18(14-16)20(26)23-3/h5-11,14-15H,4,12-13H2,1-3H3,(H,23,26)(H3,22,24,25). The van der Waals surface area contributed by atoms with Crippen LogP contribution in [0, 0.1) is 0 Å². The molecule has 0 aromatic heterocycles. The van der Waals surface area contributed by atoms with Gasteiger partial charge in [0.2, 0.25) is 0 Å². The van der Waals surface area contributed by atoms with Gasteiger partial charge in [-0.1, -0.05) is 38.1 Å². The average Bonchev–Trinajstić information content (AvgIpc) is 2.67. The third-order valence-corrected chi connectivity index (χ3v) is 4.46. The number of hydrogen-bond donors (Lipinski definition) is 3. The number of nitrogens with one attached hydrogen (secondary N) is 2. The largest absolute Gasteiger partial charge is 0.370 e. The van der Waals surface area contributed by atoms with E-state index >= 15 is 0 Å². The fourth-order valence-electron chi connectivity index (χ4n) is 2.64. The average molecular weight is 352 g/mol. The van der Waals surface area contributed by atoms with Crippen molar-refractivity contribution in [3.05, 3.63) is 65.2 Å². The molecule has 2 aromatic carbocycles. The van der Waals surface area contributed by atoms with Gasteiger partial charge in [-0.05, 0) is 54.2 Å². The number of amides is 1. The topological polar surface area (TPSA) is 79.5 Å². The number of rotatable bonds is 7. The lowest BCUT2D eigenvalue weighted by molar-refractivity contribution is 0.0963. The van der Waals surface area contributed by atoms with Crippen molar-refractivity contribution in [2.75, 3.05) is 18.9 Å². The summed E-state index contributed by atoms with van der Waals surface area (Å²) in [5.74, 6) is 0.863. The van der Waals surface area contributed by atoms with Crippen LogP contribution in [0.5, 0.6) is 0 Å². The van der Waals surface area contributed by atoms with E-state index in [0.717, 1.165) is 24.1 Å². The Morgan fingerprint density at radius 2 is 1.92 bits per heavy atom. The number of aliphatic imine (C=N–C) groups is 1. The zero-order chi connectivity index (χ0) is 18.9. The molecule has 0 spiro atoms. The molecule has 5 nitrogen and oxygen atoms in total. The number of carbonyl (C=O) groups is 1. The summed E-state index contributed by atoms with van der Waals surface area (Å²) in [5, 5.41) is 5.74. The highest BCUT2D eigenvalue weighted by Crippen LogP contribution is 2.20. The Kier molecular flexibility index (Phi) is 7.21. The molecule has 26 heavy (non-hydrogen) atoms. The number of hydrogen-bond acceptors (Lipinski definition) is 2. The minimum Gasteiger partial charge on any atom is -0.370 e. The quantitative estimate of drug-likeness (QED) is 0.527. The van der Waals surface area contributed by atoms with Gasteiger partial charge in [0.25, 0.3) is 5.91 Å². The molecule has 0 saturated carbocycles. The molecular formula is C21H28N4O. The number of nitrogens with zero attached hydrogens (tertiary/aromatic N) is 1. The Labute approximate surface area is 155 Å². The molecule has 0 bridgehead atoms. The van der Waals surface area contributed by atoms with Crippen molar-refractivity contribution >= 4 is 17.6 Å². The summed E-state index contributed by atoms with van der Waals surface area (Å²) < 4.78 is 0. The minimum atomic E-state index is -0.0858. The maximum atomic E-state index is 11.7. The van der Waals surface area contributed by atoms with E-state index in [-0.39, 0.29) is 5.91 Å². The smallest absolute Gasteiger partial charge is 0.251 e. The molecule has 0 heterocycles. The Hall–Kier alpha value is -2.82. The molecule has 0 fully saturated rings. The van der Waals surface area contributed by atoms with Gasteiger partial charge in [-0.15, -0.1) is 0 Å². The van der Waals surface area contributed by atoms with E-state index in [1.165, 1.54) is 5.56 Å². The van der Waals surface area contributed by atoms with Crippen LogP contribution < -0.4 is 16.4 Å². The fourth-order valence-corrected chi connectivity index (χ4v) is 2.64. The van der Waals surface area contributed by atoms with Gasteiger partial charge < -0.3 is 16.4 Å². The van der Waals surface area contributed by atoms with E-state index in [1.54, 1.807) is 13.1 Å². The summed E-state index contributed by atoms with van der Waals surface area (Å²) in [6.45, 7) is 4.96. The Morgan fingerprint density at radius 3 is 2.58 bits per heavy atom. The first-order valence-electron chi connectivity index (χ1n) is 9.01. The van der Waals surface area contributed by atoms with E-state index in [1.807, 2.05) is 30.3 Å². The summed E-state index contributed by atoms with van der Waals surface area (Å²) in [4.78, 5) is 16.0. The number of guanidine groups is 1. The van der Waals surface area contributed by atoms with Crippen LogP contribution in [-0.2, 0) is 6.42 Å². The predicted molar refractivity (Wildman–Crippen MR) is 109 cm³/mol. The Bertz CT molecular complexity index is 753. The Balaban J connectivity index is 1.89. The molecular weight excluding hydrogens is 324 g/mol. The molecule has 0 radical (unpaired) electrons. The van der Waals surface area contributed by atoms with Gasteiger partial charge in [-0.2, -0.15) is 0 Å². The minimum absolute atomic E-state index is 0.0858. The van der Waals surface area contributed by atoms with Gasteiger partial charge in [0, 0.05) is 24.8 Å². The van der Waals surface area contributed by atoms with Crippen molar-refractivity contribution in [1.82, 2.24) is 5.32 Å². The normalized spacial score (nSPS) is 12.5. The van der Waals surface area contributed by atoms with Crippen molar-refractivity contribution in [2.24, 2.45) is 10.7 Å². The van der Waals surface area contributed by atoms with E-state index in [2.05, 4.69) is 41.6 Å². The van der Waals surface area contributed by atoms with Gasteiger partial charge in [0.05, 0.1) is 0 Å². The first-order chi connectivity index (χ1) is 12.5. The summed E-state index contributed by atoms with van der Waals surface area (Å²) in [7, 11) is 1.63. The number of nitrogens with two attached hydrogens (primary N) is 1. The molecule has 0 saturated heterocycles. The van der Waals surface area contributed by atoms with Crippen LogP contribution >= 0.6 is 0 Å². The molecule has 138 valence electrons. The molecule has 2 aromatic rings. The predicted octanol–water partition coefficient (Wildman–Crippen LogP) is 3.53. The lowest BCUT2D eigenvalue weighted by Gasteiger charge is -2.11. The van der Waals surface area contributed by atoms with E-state index < -0.39 is 0 Å². The molecule has 2 rings (SSSR count). The number of anilines is 1. The summed E-state index contributed by atoms with van der Waals surface area (Å²) in [5.41, 5.74) is 9.93. The van der Waals surface area contributed by atoms with Crippen LogP contribution in [0.2, 0.25) is 0 Å². The first-order valence-corrected chi connectivity index (χ1v) is 9.01. The lowest BCUT2D eigenvalue weighted by atomic mass is 9.99. The molecule has 0 aliphatic carbocycles. The van der Waals surface area contributed by atoms with Gasteiger partial charge in [0.1, 0.15) is 0 Å². The number of carbonyl (C=O) groups excluding carboxylic acids is 1. The van der Waals surface area contributed by atoms with Gasteiger partial charge in [0.15, 0.2) is 5.96 Å². The zero-order valence-electron chi connectivity index (χ0n) is 15.8. The van der Waals surface area contributed by atoms with Gasteiger partial charge in [-0.3, -0.25) is 9.79 Å². The van der Waals surface area contributed by atoms with Crippen LogP contribution in [-0.4, -0.2) is 25.5 Å². The van der Waals surface area contributed by atoms with Crippen LogP contribution in [0.1, 0.15) is 47.7 Å². The second-order valence-electron chi connectivity index (χ2n) is 6.35. The molecule has 0 aliphatic heterocycles. The van der Waals surface area contributed by atoms with Crippen molar-refractivity contribution in [1.29, 1.82) is 0 Å². The molecule has 1 amide bonds. The maximum absolute atomic E-state index is 11.7. The van der Waals surface area contributed by atoms with Crippen LogP contribution in [0.4, 0.5) is 5.69 Å². The molecule has 0 aliphatic rings. The molecule has 1 atom stereocenters. The third kappa shape index (κ3) is 5.62. The van der Waals surface area contributed by atoms with Crippen LogP contribution in [0.25, 0.3) is 0 Å². The van der Waals surface area contributed by atoms with Gasteiger partial charge in [-0.25, -0.2) is 0 Å². The highest BCUT2D eigenvalue weighted by atomic mass is 16.1. The van der Waals surface area contributed by atoms with E-state index in [0.29, 0.717) is 24.0 Å². The second kappa shape index (κ2) is 9.61. The molecule has 1 unspecified atom stereocenters.